The lowest BCUT2D eigenvalue weighted by Gasteiger charge is -2.20. The minimum atomic E-state index is -3.27. The van der Waals surface area contributed by atoms with E-state index in [1.807, 2.05) is 24.1 Å². The molecule has 0 saturated heterocycles. The van der Waals surface area contributed by atoms with Gasteiger partial charge in [0.15, 0.2) is 15.0 Å². The summed E-state index contributed by atoms with van der Waals surface area (Å²) in [6.45, 7) is 2.58. The number of benzene rings is 1. The van der Waals surface area contributed by atoms with Gasteiger partial charge in [0.1, 0.15) is 16.5 Å². The Morgan fingerprint density at radius 2 is 1.86 bits per heavy atom. The fourth-order valence-electron chi connectivity index (χ4n) is 3.41. The van der Waals surface area contributed by atoms with E-state index in [1.54, 1.807) is 49.6 Å². The summed E-state index contributed by atoms with van der Waals surface area (Å²) in [4.78, 5) is 31.3. The molecule has 0 fully saturated rings. The van der Waals surface area contributed by atoms with E-state index in [0.29, 0.717) is 35.6 Å². The number of carboxylic acids is 1. The molecule has 4 rings (SSSR count). The molecular weight excluding hydrogens is 514 g/mol. The molecule has 3 heterocycles. The van der Waals surface area contributed by atoms with Crippen LogP contribution >= 0.6 is 11.3 Å². The summed E-state index contributed by atoms with van der Waals surface area (Å²) < 4.78 is 23.4. The van der Waals surface area contributed by atoms with Crippen molar-refractivity contribution >= 4 is 49.9 Å². The highest BCUT2D eigenvalue weighted by Gasteiger charge is 2.16. The molecule has 0 radical (unpaired) electrons. The molecule has 0 aliphatic rings. The minimum absolute atomic E-state index is 0.142. The fraction of sp³-hybridized carbons (Fsp3) is 0.208. The van der Waals surface area contributed by atoms with Crippen molar-refractivity contribution in [3.05, 3.63) is 76.6 Å². The Hall–Kier alpha value is -4.10. The molecule has 1 aromatic carbocycles. The predicted octanol–water partition coefficient (Wildman–Crippen LogP) is 3.73. The van der Waals surface area contributed by atoms with Gasteiger partial charge in [-0.3, -0.25) is 10.3 Å². The second-order valence-electron chi connectivity index (χ2n) is 8.29. The quantitative estimate of drug-likeness (QED) is 0.270. The summed E-state index contributed by atoms with van der Waals surface area (Å²) in [5.74, 6) is 0.335. The first-order valence-electron chi connectivity index (χ1n) is 11.1. The van der Waals surface area contributed by atoms with Crippen molar-refractivity contribution < 1.29 is 18.3 Å². The maximum atomic E-state index is 11.7. The second-order valence-corrected chi connectivity index (χ2v) is 11.3. The lowest BCUT2D eigenvalue weighted by atomic mass is 10.2. The van der Waals surface area contributed by atoms with Crippen molar-refractivity contribution in [2.75, 3.05) is 28.8 Å². The molecule has 0 bridgehead atoms. The third-order valence-electron chi connectivity index (χ3n) is 5.28. The van der Waals surface area contributed by atoms with E-state index in [1.165, 1.54) is 6.26 Å². The first kappa shape index (κ1) is 26.0. The number of nitrogens with one attached hydrogen (secondary N) is 2. The molecular formula is C24H25N7O4S2. The molecule has 4 aromatic rings. The molecule has 3 aromatic heterocycles. The lowest BCUT2D eigenvalue weighted by Crippen LogP contribution is -2.19. The van der Waals surface area contributed by atoms with Crippen LogP contribution in [0.25, 0.3) is 0 Å². The van der Waals surface area contributed by atoms with Crippen LogP contribution < -0.4 is 15.5 Å². The Morgan fingerprint density at radius 3 is 2.49 bits per heavy atom. The topological polar surface area (TPSA) is 150 Å². The fourth-order valence-corrected chi connectivity index (χ4v) is 4.84. The monoisotopic (exact) mass is 539 g/mol. The summed E-state index contributed by atoms with van der Waals surface area (Å²) in [5.41, 5.74) is 2.27. The SMILES string of the molecule is Cc1nc(Nc2nc(NCc3ccc(S(C)(=O)=O)cc3)cc(N(C)Cc3cccnc3)n2)sc1C(=O)O. The highest BCUT2D eigenvalue weighted by Crippen LogP contribution is 2.27. The number of carboxylic acid groups (broad SMARTS) is 1. The average molecular weight is 540 g/mol. The predicted molar refractivity (Wildman–Crippen MR) is 142 cm³/mol. The van der Waals surface area contributed by atoms with E-state index in [4.69, 9.17) is 0 Å². The van der Waals surface area contributed by atoms with Crippen LogP contribution in [0.1, 0.15) is 26.5 Å². The number of pyridine rings is 1. The van der Waals surface area contributed by atoms with E-state index in [0.717, 1.165) is 22.5 Å². The largest absolute Gasteiger partial charge is 0.477 e. The standard InChI is InChI=1S/C24H25N7O4S2/c1-15-21(22(32)33)36-24(27-15)30-23-28-19(26-13-16-6-8-18(9-7-16)37(3,34)35)11-20(29-23)31(2)14-17-5-4-10-25-12-17/h4-12H,13-14H2,1-3H3,(H,32,33)(H2,26,27,28,29,30). The van der Waals surface area contributed by atoms with Crippen molar-refractivity contribution in [3.8, 4) is 0 Å². The van der Waals surface area contributed by atoms with Gasteiger partial charge < -0.3 is 15.3 Å². The summed E-state index contributed by atoms with van der Waals surface area (Å²) in [6.07, 6.45) is 4.66. The molecule has 0 unspecified atom stereocenters. The molecule has 0 amide bonds. The summed E-state index contributed by atoms with van der Waals surface area (Å²) in [7, 11) is -1.38. The van der Waals surface area contributed by atoms with Gasteiger partial charge in [0.25, 0.3) is 0 Å². The zero-order valence-electron chi connectivity index (χ0n) is 20.3. The van der Waals surface area contributed by atoms with Crippen LogP contribution in [0.15, 0.2) is 59.8 Å². The number of hydrogen-bond donors (Lipinski definition) is 3. The Kier molecular flexibility index (Phi) is 7.64. The van der Waals surface area contributed by atoms with Gasteiger partial charge in [-0.1, -0.05) is 29.5 Å². The molecule has 0 saturated carbocycles. The van der Waals surface area contributed by atoms with Crippen molar-refractivity contribution in [2.45, 2.75) is 24.9 Å². The van der Waals surface area contributed by atoms with Crippen molar-refractivity contribution in [1.29, 1.82) is 0 Å². The van der Waals surface area contributed by atoms with Crippen LogP contribution in [-0.4, -0.2) is 52.7 Å². The number of carbonyl (C=O) groups is 1. The van der Waals surface area contributed by atoms with Gasteiger partial charge in [-0.25, -0.2) is 18.2 Å². The average Bonchev–Trinajstić information content (AvgIpc) is 3.23. The van der Waals surface area contributed by atoms with Crippen LogP contribution in [0.3, 0.4) is 0 Å². The molecule has 0 atom stereocenters. The number of aromatic carboxylic acids is 1. The maximum absolute atomic E-state index is 11.7. The number of aromatic nitrogens is 4. The Morgan fingerprint density at radius 1 is 1.11 bits per heavy atom. The van der Waals surface area contributed by atoms with Crippen molar-refractivity contribution in [2.24, 2.45) is 0 Å². The highest BCUT2D eigenvalue weighted by molar-refractivity contribution is 7.90. The first-order valence-corrected chi connectivity index (χ1v) is 13.8. The second kappa shape index (κ2) is 10.9. The van der Waals surface area contributed by atoms with Gasteiger partial charge >= 0.3 is 5.97 Å². The number of anilines is 4. The van der Waals surface area contributed by atoms with E-state index in [-0.39, 0.29) is 15.7 Å². The van der Waals surface area contributed by atoms with Gasteiger partial charge in [0.2, 0.25) is 5.95 Å². The van der Waals surface area contributed by atoms with Crippen molar-refractivity contribution in [1.82, 2.24) is 19.9 Å². The van der Waals surface area contributed by atoms with Gasteiger partial charge in [0, 0.05) is 44.9 Å². The van der Waals surface area contributed by atoms with Gasteiger partial charge in [-0.05, 0) is 36.2 Å². The van der Waals surface area contributed by atoms with E-state index < -0.39 is 15.8 Å². The Balaban J connectivity index is 1.59. The number of sulfone groups is 1. The minimum Gasteiger partial charge on any atom is -0.477 e. The number of thiazole rings is 1. The number of nitrogens with zero attached hydrogens (tertiary/aromatic N) is 5. The summed E-state index contributed by atoms with van der Waals surface area (Å²) >= 11 is 1.01. The lowest BCUT2D eigenvalue weighted by molar-refractivity contribution is 0.0701. The Labute approximate surface area is 218 Å². The number of rotatable bonds is 10. The van der Waals surface area contributed by atoms with Gasteiger partial charge in [-0.2, -0.15) is 9.97 Å². The highest BCUT2D eigenvalue weighted by atomic mass is 32.2. The number of hydrogen-bond acceptors (Lipinski definition) is 11. The van der Waals surface area contributed by atoms with E-state index in [9.17, 15) is 18.3 Å². The molecule has 192 valence electrons. The molecule has 3 N–H and O–H groups in total. The smallest absolute Gasteiger partial charge is 0.347 e. The first-order chi connectivity index (χ1) is 17.6. The third kappa shape index (κ3) is 6.77. The molecule has 0 aliphatic carbocycles. The molecule has 13 heteroatoms. The van der Waals surface area contributed by atoms with Gasteiger partial charge in [-0.15, -0.1) is 0 Å². The molecule has 11 nitrogen and oxygen atoms in total. The van der Waals surface area contributed by atoms with Crippen LogP contribution in [0.4, 0.5) is 22.7 Å². The van der Waals surface area contributed by atoms with Crippen LogP contribution in [0, 0.1) is 6.92 Å². The molecule has 0 spiro atoms. The molecule has 37 heavy (non-hydrogen) atoms. The Bertz CT molecular complexity index is 1510. The molecule has 0 aliphatic heterocycles. The van der Waals surface area contributed by atoms with Crippen LogP contribution in [0.5, 0.6) is 0 Å². The van der Waals surface area contributed by atoms with E-state index >= 15 is 0 Å². The van der Waals surface area contributed by atoms with Crippen molar-refractivity contribution in [3.63, 3.8) is 0 Å². The van der Waals surface area contributed by atoms with Crippen LogP contribution in [0.2, 0.25) is 0 Å². The van der Waals surface area contributed by atoms with Gasteiger partial charge in [0.05, 0.1) is 10.6 Å². The zero-order valence-corrected chi connectivity index (χ0v) is 22.0. The number of aryl methyl sites for hydroxylation is 1. The summed E-state index contributed by atoms with van der Waals surface area (Å²) in [5, 5.41) is 16.0. The van der Waals surface area contributed by atoms with Crippen LogP contribution in [-0.2, 0) is 22.9 Å². The van der Waals surface area contributed by atoms with E-state index in [2.05, 4.69) is 30.6 Å². The third-order valence-corrected chi connectivity index (χ3v) is 7.47. The maximum Gasteiger partial charge on any atom is 0.347 e. The normalized spacial score (nSPS) is 11.2. The zero-order chi connectivity index (χ0) is 26.6. The summed E-state index contributed by atoms with van der Waals surface area (Å²) in [6, 6.07) is 12.2.